The molecule has 5 nitrogen and oxygen atoms in total. The fourth-order valence-electron chi connectivity index (χ4n) is 2.33. The Hall–Kier alpha value is -2.34. The lowest BCUT2D eigenvalue weighted by atomic mass is 10.2. The van der Waals surface area contributed by atoms with Gasteiger partial charge in [0.15, 0.2) is 11.5 Å². The van der Waals surface area contributed by atoms with E-state index < -0.39 is 0 Å². The summed E-state index contributed by atoms with van der Waals surface area (Å²) in [6.45, 7) is 4.00. The van der Waals surface area contributed by atoms with Crippen molar-refractivity contribution in [2.75, 3.05) is 0 Å². The van der Waals surface area contributed by atoms with Gasteiger partial charge in [0.05, 0.1) is 17.9 Å². The van der Waals surface area contributed by atoms with Crippen molar-refractivity contribution >= 4 is 5.65 Å². The van der Waals surface area contributed by atoms with Gasteiger partial charge in [-0.05, 0) is 38.1 Å². The van der Waals surface area contributed by atoms with E-state index in [0.717, 1.165) is 17.2 Å². The molecule has 3 rings (SSSR count). The van der Waals surface area contributed by atoms with Crippen molar-refractivity contribution in [3.05, 3.63) is 60.1 Å². The van der Waals surface area contributed by atoms with Crippen molar-refractivity contribution in [1.82, 2.24) is 24.9 Å². The Kier molecular flexibility index (Phi) is 3.62. The Labute approximate surface area is 121 Å². The van der Waals surface area contributed by atoms with Crippen LogP contribution in [0, 0.1) is 5.82 Å². The quantitative estimate of drug-likeness (QED) is 0.800. The SMILES string of the molecule is CC(NC(C)c1nnc2ccccn12)c1ccc(F)cn1. The van der Waals surface area contributed by atoms with Gasteiger partial charge in [0.2, 0.25) is 0 Å². The number of aromatic nitrogens is 4. The predicted molar refractivity (Wildman–Crippen MR) is 77.1 cm³/mol. The van der Waals surface area contributed by atoms with Gasteiger partial charge >= 0.3 is 0 Å². The maximum absolute atomic E-state index is 12.9. The number of hydrogen-bond donors (Lipinski definition) is 1. The molecule has 0 radical (unpaired) electrons. The van der Waals surface area contributed by atoms with Crippen LogP contribution in [0.1, 0.15) is 37.4 Å². The normalized spacial score (nSPS) is 14.2. The smallest absolute Gasteiger partial charge is 0.160 e. The van der Waals surface area contributed by atoms with E-state index in [4.69, 9.17) is 0 Å². The summed E-state index contributed by atoms with van der Waals surface area (Å²) in [5.41, 5.74) is 1.60. The van der Waals surface area contributed by atoms with Gasteiger partial charge in [-0.25, -0.2) is 4.39 Å². The minimum atomic E-state index is -0.331. The molecule has 0 aliphatic heterocycles. The summed E-state index contributed by atoms with van der Waals surface area (Å²) in [7, 11) is 0. The van der Waals surface area contributed by atoms with Gasteiger partial charge in [-0.1, -0.05) is 6.07 Å². The molecular weight excluding hydrogens is 269 g/mol. The van der Waals surface area contributed by atoms with E-state index in [1.165, 1.54) is 12.3 Å². The van der Waals surface area contributed by atoms with E-state index in [2.05, 4.69) is 20.5 Å². The van der Waals surface area contributed by atoms with Crippen LogP contribution in [0.4, 0.5) is 4.39 Å². The average molecular weight is 285 g/mol. The van der Waals surface area contributed by atoms with Crippen molar-refractivity contribution < 1.29 is 4.39 Å². The first-order valence-electron chi connectivity index (χ1n) is 6.82. The summed E-state index contributed by atoms with van der Waals surface area (Å²) in [4.78, 5) is 4.09. The van der Waals surface area contributed by atoms with Crippen LogP contribution >= 0.6 is 0 Å². The van der Waals surface area contributed by atoms with Gasteiger partial charge in [-0.15, -0.1) is 10.2 Å². The van der Waals surface area contributed by atoms with Crippen molar-refractivity contribution in [2.45, 2.75) is 25.9 Å². The standard InChI is InChI=1S/C15H16FN5/c1-10(13-7-6-12(16)9-17-13)18-11(2)15-20-19-14-5-3-4-8-21(14)15/h3-11,18H,1-2H3. The number of rotatable bonds is 4. The minimum absolute atomic E-state index is 0.00995. The molecule has 0 amide bonds. The maximum Gasteiger partial charge on any atom is 0.160 e. The topological polar surface area (TPSA) is 55.1 Å². The van der Waals surface area contributed by atoms with Crippen LogP contribution in [0.15, 0.2) is 42.7 Å². The Morgan fingerprint density at radius 1 is 1.10 bits per heavy atom. The summed E-state index contributed by atoms with van der Waals surface area (Å²) < 4.78 is 14.9. The van der Waals surface area contributed by atoms with Crippen molar-refractivity contribution in [2.24, 2.45) is 0 Å². The number of nitrogens with zero attached hydrogens (tertiary/aromatic N) is 4. The number of nitrogens with one attached hydrogen (secondary N) is 1. The second-order valence-electron chi connectivity index (χ2n) is 5.00. The summed E-state index contributed by atoms with van der Waals surface area (Å²) in [5.74, 6) is 0.502. The Morgan fingerprint density at radius 3 is 2.71 bits per heavy atom. The fourth-order valence-corrected chi connectivity index (χ4v) is 2.33. The van der Waals surface area contributed by atoms with E-state index in [1.54, 1.807) is 6.07 Å². The molecule has 0 aliphatic carbocycles. The Morgan fingerprint density at radius 2 is 1.95 bits per heavy atom. The van der Waals surface area contributed by atoms with Gasteiger partial charge in [0.25, 0.3) is 0 Å². The van der Waals surface area contributed by atoms with Crippen molar-refractivity contribution in [1.29, 1.82) is 0 Å². The maximum atomic E-state index is 12.9. The third kappa shape index (κ3) is 2.75. The zero-order valence-corrected chi connectivity index (χ0v) is 11.9. The third-order valence-electron chi connectivity index (χ3n) is 3.42. The Balaban J connectivity index is 1.79. The molecule has 108 valence electrons. The van der Waals surface area contributed by atoms with E-state index in [-0.39, 0.29) is 17.9 Å². The molecule has 0 aromatic carbocycles. The molecule has 0 bridgehead atoms. The van der Waals surface area contributed by atoms with Crippen LogP contribution in [0.2, 0.25) is 0 Å². The van der Waals surface area contributed by atoms with Crippen LogP contribution in [0.3, 0.4) is 0 Å². The molecule has 1 N–H and O–H groups in total. The average Bonchev–Trinajstić information content (AvgIpc) is 2.92. The molecule has 2 unspecified atom stereocenters. The van der Waals surface area contributed by atoms with Gasteiger partial charge in [-0.3, -0.25) is 14.7 Å². The monoisotopic (exact) mass is 285 g/mol. The molecule has 3 heterocycles. The zero-order chi connectivity index (χ0) is 14.8. The van der Waals surface area contributed by atoms with Crippen LogP contribution in [0.25, 0.3) is 5.65 Å². The number of halogens is 1. The molecule has 3 aromatic rings. The van der Waals surface area contributed by atoms with Crippen molar-refractivity contribution in [3.8, 4) is 0 Å². The summed E-state index contributed by atoms with van der Waals surface area (Å²) in [5, 5.41) is 11.8. The van der Waals surface area contributed by atoms with Crippen molar-refractivity contribution in [3.63, 3.8) is 0 Å². The molecule has 0 fully saturated rings. The molecule has 0 saturated carbocycles. The third-order valence-corrected chi connectivity index (χ3v) is 3.42. The highest BCUT2D eigenvalue weighted by molar-refractivity contribution is 5.37. The molecule has 0 spiro atoms. The number of hydrogen-bond acceptors (Lipinski definition) is 4. The highest BCUT2D eigenvalue weighted by Crippen LogP contribution is 2.17. The molecule has 21 heavy (non-hydrogen) atoms. The van der Waals surface area contributed by atoms with Gasteiger partial charge < -0.3 is 0 Å². The number of pyridine rings is 2. The molecule has 0 saturated heterocycles. The summed E-state index contributed by atoms with van der Waals surface area (Å²) >= 11 is 0. The second-order valence-corrected chi connectivity index (χ2v) is 5.00. The van der Waals surface area contributed by atoms with E-state index in [0.29, 0.717) is 0 Å². The lowest BCUT2D eigenvalue weighted by Crippen LogP contribution is -2.24. The highest BCUT2D eigenvalue weighted by atomic mass is 19.1. The van der Waals surface area contributed by atoms with E-state index in [1.807, 2.05) is 42.6 Å². The Bertz CT molecular complexity index is 737. The minimum Gasteiger partial charge on any atom is -0.299 e. The van der Waals surface area contributed by atoms with Crippen LogP contribution in [-0.4, -0.2) is 19.6 Å². The highest BCUT2D eigenvalue weighted by Gasteiger charge is 2.16. The van der Waals surface area contributed by atoms with Crippen LogP contribution < -0.4 is 5.32 Å². The summed E-state index contributed by atoms with van der Waals surface area (Å²) in [6, 6.07) is 8.85. The first-order valence-corrected chi connectivity index (χ1v) is 6.82. The molecular formula is C15H16FN5. The molecule has 3 aromatic heterocycles. The lowest BCUT2D eigenvalue weighted by Gasteiger charge is -2.18. The molecule has 6 heteroatoms. The largest absolute Gasteiger partial charge is 0.299 e. The van der Waals surface area contributed by atoms with Crippen LogP contribution in [-0.2, 0) is 0 Å². The predicted octanol–water partition coefficient (Wildman–Crippen LogP) is 2.68. The first kappa shape index (κ1) is 13.6. The number of fused-ring (bicyclic) bond motifs is 1. The van der Waals surface area contributed by atoms with E-state index >= 15 is 0 Å². The first-order chi connectivity index (χ1) is 10.1. The fraction of sp³-hybridized carbons (Fsp3) is 0.267. The van der Waals surface area contributed by atoms with Gasteiger partial charge in [-0.2, -0.15) is 0 Å². The molecule has 2 atom stereocenters. The van der Waals surface area contributed by atoms with Gasteiger partial charge in [0.1, 0.15) is 5.82 Å². The second kappa shape index (κ2) is 5.57. The summed E-state index contributed by atoms with van der Waals surface area (Å²) in [6.07, 6.45) is 3.16. The lowest BCUT2D eigenvalue weighted by molar-refractivity contribution is 0.465. The zero-order valence-electron chi connectivity index (χ0n) is 11.9. The molecule has 0 aliphatic rings. The van der Waals surface area contributed by atoms with Crippen LogP contribution in [0.5, 0.6) is 0 Å². The van der Waals surface area contributed by atoms with Gasteiger partial charge in [0, 0.05) is 12.2 Å². The van der Waals surface area contributed by atoms with E-state index in [9.17, 15) is 4.39 Å².